The third kappa shape index (κ3) is 3.22. The summed E-state index contributed by atoms with van der Waals surface area (Å²) in [6.45, 7) is 1.45. The zero-order valence-corrected chi connectivity index (χ0v) is 10.9. The van der Waals surface area contributed by atoms with E-state index in [0.717, 1.165) is 31.0 Å². The van der Waals surface area contributed by atoms with Gasteiger partial charge in [-0.15, -0.1) is 0 Å². The standard InChI is InChI=1S/C12H20N4O2/c1-16-12(18-2)7-10(15-16)8-14-9-4-3-5-13-11(17)6-9/h7,9,14H,3-6,8H2,1-2H3,(H,13,17). The minimum atomic E-state index is 0.128. The highest BCUT2D eigenvalue weighted by molar-refractivity contribution is 5.76. The lowest BCUT2D eigenvalue weighted by atomic mass is 10.1. The number of hydrogen-bond donors (Lipinski definition) is 2. The average molecular weight is 252 g/mol. The van der Waals surface area contributed by atoms with Gasteiger partial charge in [-0.2, -0.15) is 5.10 Å². The summed E-state index contributed by atoms with van der Waals surface area (Å²) < 4.78 is 6.87. The highest BCUT2D eigenvalue weighted by Gasteiger charge is 2.17. The summed E-state index contributed by atoms with van der Waals surface area (Å²) >= 11 is 0. The van der Waals surface area contributed by atoms with E-state index in [-0.39, 0.29) is 11.9 Å². The summed E-state index contributed by atoms with van der Waals surface area (Å²) in [5.74, 6) is 0.869. The monoisotopic (exact) mass is 252 g/mol. The van der Waals surface area contributed by atoms with Gasteiger partial charge in [-0.05, 0) is 12.8 Å². The van der Waals surface area contributed by atoms with E-state index >= 15 is 0 Å². The van der Waals surface area contributed by atoms with Crippen LogP contribution in [0.3, 0.4) is 0 Å². The van der Waals surface area contributed by atoms with Crippen LogP contribution in [0.2, 0.25) is 0 Å². The summed E-state index contributed by atoms with van der Waals surface area (Å²) in [5, 5.41) is 10.6. The quantitative estimate of drug-likeness (QED) is 0.802. The van der Waals surface area contributed by atoms with Gasteiger partial charge in [0.25, 0.3) is 0 Å². The fourth-order valence-electron chi connectivity index (χ4n) is 2.18. The van der Waals surface area contributed by atoms with Crippen molar-refractivity contribution in [2.24, 2.45) is 7.05 Å². The second kappa shape index (κ2) is 5.86. The molecule has 1 aromatic heterocycles. The maximum absolute atomic E-state index is 11.4. The molecule has 1 unspecified atom stereocenters. The first kappa shape index (κ1) is 12.9. The summed E-state index contributed by atoms with van der Waals surface area (Å²) in [6, 6.07) is 2.14. The maximum atomic E-state index is 11.4. The lowest BCUT2D eigenvalue weighted by molar-refractivity contribution is -0.121. The van der Waals surface area contributed by atoms with E-state index in [4.69, 9.17) is 4.74 Å². The number of aryl methyl sites for hydroxylation is 1. The second-order valence-corrected chi connectivity index (χ2v) is 4.58. The predicted molar refractivity (Wildman–Crippen MR) is 67.2 cm³/mol. The molecule has 2 heterocycles. The molecule has 0 radical (unpaired) electrons. The molecule has 0 bridgehead atoms. The number of carbonyl (C=O) groups is 1. The third-order valence-electron chi connectivity index (χ3n) is 3.15. The molecule has 100 valence electrons. The number of nitrogens with one attached hydrogen (secondary N) is 2. The molecule has 1 aliphatic heterocycles. The van der Waals surface area contributed by atoms with Gasteiger partial charge in [0.1, 0.15) is 0 Å². The molecule has 0 aliphatic carbocycles. The highest BCUT2D eigenvalue weighted by Crippen LogP contribution is 2.12. The third-order valence-corrected chi connectivity index (χ3v) is 3.15. The Kier molecular flexibility index (Phi) is 4.19. The Morgan fingerprint density at radius 1 is 1.67 bits per heavy atom. The van der Waals surface area contributed by atoms with Crippen molar-refractivity contribution in [1.29, 1.82) is 0 Å². The molecule has 1 fully saturated rings. The van der Waals surface area contributed by atoms with Gasteiger partial charge in [0, 0.05) is 38.7 Å². The molecule has 2 N–H and O–H groups in total. The Balaban J connectivity index is 1.87. The molecule has 6 nitrogen and oxygen atoms in total. The van der Waals surface area contributed by atoms with Crippen molar-refractivity contribution < 1.29 is 9.53 Å². The van der Waals surface area contributed by atoms with Crippen LogP contribution >= 0.6 is 0 Å². The van der Waals surface area contributed by atoms with Crippen molar-refractivity contribution in [1.82, 2.24) is 20.4 Å². The van der Waals surface area contributed by atoms with E-state index in [1.807, 2.05) is 13.1 Å². The zero-order valence-electron chi connectivity index (χ0n) is 10.9. The molecular weight excluding hydrogens is 232 g/mol. The fraction of sp³-hybridized carbons (Fsp3) is 0.667. The van der Waals surface area contributed by atoms with Crippen molar-refractivity contribution in [3.63, 3.8) is 0 Å². The number of carbonyl (C=O) groups excluding carboxylic acids is 1. The molecule has 18 heavy (non-hydrogen) atoms. The van der Waals surface area contributed by atoms with Crippen LogP contribution < -0.4 is 15.4 Å². The van der Waals surface area contributed by atoms with Crippen molar-refractivity contribution in [3.8, 4) is 5.88 Å². The largest absolute Gasteiger partial charge is 0.481 e. The van der Waals surface area contributed by atoms with E-state index in [1.54, 1.807) is 11.8 Å². The average Bonchev–Trinajstić information content (AvgIpc) is 2.57. The van der Waals surface area contributed by atoms with Crippen molar-refractivity contribution in [2.75, 3.05) is 13.7 Å². The molecular formula is C12H20N4O2. The molecule has 0 aromatic carbocycles. The van der Waals surface area contributed by atoms with Crippen LogP contribution in [-0.2, 0) is 18.4 Å². The summed E-state index contributed by atoms with van der Waals surface area (Å²) in [5.41, 5.74) is 0.930. The van der Waals surface area contributed by atoms with Crippen LogP contribution in [0.5, 0.6) is 5.88 Å². The molecule has 6 heteroatoms. The Morgan fingerprint density at radius 3 is 3.22 bits per heavy atom. The van der Waals surface area contributed by atoms with Crippen LogP contribution in [0.25, 0.3) is 0 Å². The number of amides is 1. The number of ether oxygens (including phenoxy) is 1. The van der Waals surface area contributed by atoms with Gasteiger partial charge in [-0.1, -0.05) is 0 Å². The van der Waals surface area contributed by atoms with E-state index < -0.39 is 0 Å². The van der Waals surface area contributed by atoms with Gasteiger partial charge in [-0.3, -0.25) is 4.79 Å². The van der Waals surface area contributed by atoms with Crippen LogP contribution in [-0.4, -0.2) is 35.4 Å². The first-order chi connectivity index (χ1) is 8.69. The number of methoxy groups -OCH3 is 1. The van der Waals surface area contributed by atoms with Gasteiger partial charge in [0.05, 0.1) is 12.8 Å². The Bertz CT molecular complexity index is 416. The van der Waals surface area contributed by atoms with Crippen molar-refractivity contribution in [3.05, 3.63) is 11.8 Å². The Hall–Kier alpha value is -1.56. The fourth-order valence-corrected chi connectivity index (χ4v) is 2.18. The Labute approximate surface area is 107 Å². The zero-order chi connectivity index (χ0) is 13.0. The molecule has 1 saturated heterocycles. The van der Waals surface area contributed by atoms with Crippen molar-refractivity contribution in [2.45, 2.75) is 31.8 Å². The molecule has 1 amide bonds. The normalized spacial score (nSPS) is 20.3. The van der Waals surface area contributed by atoms with Crippen LogP contribution in [0.4, 0.5) is 0 Å². The van der Waals surface area contributed by atoms with E-state index in [0.29, 0.717) is 13.0 Å². The van der Waals surface area contributed by atoms with Gasteiger partial charge >= 0.3 is 0 Å². The summed E-state index contributed by atoms with van der Waals surface area (Å²) in [7, 11) is 3.48. The van der Waals surface area contributed by atoms with Crippen LogP contribution in [0.1, 0.15) is 25.0 Å². The van der Waals surface area contributed by atoms with Gasteiger partial charge in [0.15, 0.2) is 0 Å². The molecule has 2 rings (SSSR count). The van der Waals surface area contributed by atoms with Gasteiger partial charge in [0.2, 0.25) is 11.8 Å². The summed E-state index contributed by atoms with van der Waals surface area (Å²) in [6.07, 6.45) is 2.58. The lowest BCUT2D eigenvalue weighted by Crippen LogP contribution is -2.32. The molecule has 1 aromatic rings. The second-order valence-electron chi connectivity index (χ2n) is 4.58. The maximum Gasteiger partial charge on any atom is 0.221 e. The van der Waals surface area contributed by atoms with Crippen LogP contribution in [0.15, 0.2) is 6.07 Å². The smallest absolute Gasteiger partial charge is 0.221 e. The minimum Gasteiger partial charge on any atom is -0.481 e. The van der Waals surface area contributed by atoms with E-state index in [2.05, 4.69) is 15.7 Å². The van der Waals surface area contributed by atoms with Gasteiger partial charge < -0.3 is 15.4 Å². The number of aromatic nitrogens is 2. The molecule has 0 spiro atoms. The number of hydrogen-bond acceptors (Lipinski definition) is 4. The SMILES string of the molecule is COc1cc(CNC2CCCNC(=O)C2)nn1C. The highest BCUT2D eigenvalue weighted by atomic mass is 16.5. The first-order valence-corrected chi connectivity index (χ1v) is 6.26. The molecule has 1 aliphatic rings. The number of rotatable bonds is 4. The predicted octanol–water partition coefficient (Wildman–Crippen LogP) is 0.187. The van der Waals surface area contributed by atoms with Crippen LogP contribution in [0, 0.1) is 0 Å². The topological polar surface area (TPSA) is 68.2 Å². The van der Waals surface area contributed by atoms with Gasteiger partial charge in [-0.25, -0.2) is 4.68 Å². The number of nitrogens with zero attached hydrogens (tertiary/aromatic N) is 2. The lowest BCUT2D eigenvalue weighted by Gasteiger charge is -2.13. The molecule has 0 saturated carbocycles. The van der Waals surface area contributed by atoms with E-state index in [9.17, 15) is 4.79 Å². The molecule has 1 atom stereocenters. The van der Waals surface area contributed by atoms with E-state index in [1.165, 1.54) is 0 Å². The first-order valence-electron chi connectivity index (χ1n) is 6.26. The Morgan fingerprint density at radius 2 is 2.50 bits per heavy atom. The minimum absolute atomic E-state index is 0.128. The summed E-state index contributed by atoms with van der Waals surface area (Å²) in [4.78, 5) is 11.4. The van der Waals surface area contributed by atoms with Crippen molar-refractivity contribution >= 4 is 5.91 Å².